The van der Waals surface area contributed by atoms with Gasteiger partial charge in [-0.25, -0.2) is 0 Å². The highest BCUT2D eigenvalue weighted by molar-refractivity contribution is 6.11. The molecule has 0 fully saturated rings. The zero-order valence-electron chi connectivity index (χ0n) is 26.7. The van der Waals surface area contributed by atoms with Crippen LogP contribution in [0, 0.1) is 34.0 Å². The summed E-state index contributed by atoms with van der Waals surface area (Å²) in [6, 6.07) is 57.8. The van der Waals surface area contributed by atoms with Crippen LogP contribution in [-0.2, 0) is 0 Å². The van der Waals surface area contributed by atoms with Crippen LogP contribution < -0.4 is 0 Å². The number of hydrogen-bond donors (Lipinski definition) is 0. The van der Waals surface area contributed by atoms with E-state index in [-0.39, 0.29) is 0 Å². The van der Waals surface area contributed by atoms with Crippen molar-refractivity contribution in [2.45, 2.75) is 0 Å². The zero-order valence-corrected chi connectivity index (χ0v) is 26.7. The quantitative estimate of drug-likeness (QED) is 0.193. The largest absolute Gasteiger partial charge is 0.309 e. The van der Waals surface area contributed by atoms with E-state index in [9.17, 15) is 15.8 Å². The van der Waals surface area contributed by atoms with E-state index in [1.807, 2.05) is 60.7 Å². The summed E-state index contributed by atoms with van der Waals surface area (Å²) in [6.07, 6.45) is 0. The molecule has 230 valence electrons. The third-order valence-corrected chi connectivity index (χ3v) is 9.65. The van der Waals surface area contributed by atoms with Crippen molar-refractivity contribution in [1.82, 2.24) is 9.13 Å². The van der Waals surface area contributed by atoms with Crippen molar-refractivity contribution in [1.29, 1.82) is 15.8 Å². The molecule has 5 heteroatoms. The summed E-state index contributed by atoms with van der Waals surface area (Å²) in [6.45, 7) is 0. The van der Waals surface area contributed by atoms with Crippen LogP contribution in [0.2, 0.25) is 0 Å². The second-order valence-corrected chi connectivity index (χ2v) is 12.3. The van der Waals surface area contributed by atoms with Crippen molar-refractivity contribution in [3.8, 4) is 51.8 Å². The van der Waals surface area contributed by atoms with Crippen LogP contribution in [0.25, 0.3) is 77.2 Å². The number of nitriles is 3. The van der Waals surface area contributed by atoms with Gasteiger partial charge < -0.3 is 9.13 Å². The zero-order chi connectivity index (χ0) is 33.8. The highest BCUT2D eigenvalue weighted by atomic mass is 15.0. The molecule has 5 nitrogen and oxygen atoms in total. The molecule has 0 bridgehead atoms. The first-order valence-electron chi connectivity index (χ1n) is 16.3. The van der Waals surface area contributed by atoms with Crippen LogP contribution in [0.1, 0.15) is 16.7 Å². The second kappa shape index (κ2) is 11.4. The predicted molar refractivity (Wildman–Crippen MR) is 200 cm³/mol. The maximum Gasteiger partial charge on any atom is 0.101 e. The first-order chi connectivity index (χ1) is 24.7. The van der Waals surface area contributed by atoms with E-state index in [0.717, 1.165) is 60.8 Å². The van der Waals surface area contributed by atoms with Crippen LogP contribution >= 0.6 is 0 Å². The molecule has 50 heavy (non-hydrogen) atoms. The van der Waals surface area contributed by atoms with Gasteiger partial charge in [-0.05, 0) is 65.7 Å². The van der Waals surface area contributed by atoms with Crippen molar-refractivity contribution in [3.63, 3.8) is 0 Å². The Hall–Kier alpha value is -7.39. The van der Waals surface area contributed by atoms with Gasteiger partial charge in [0.25, 0.3) is 0 Å². The molecule has 0 N–H and O–H groups in total. The summed E-state index contributed by atoms with van der Waals surface area (Å²) >= 11 is 0. The van der Waals surface area contributed by atoms with E-state index < -0.39 is 0 Å². The maximum absolute atomic E-state index is 10.5. The molecule has 0 saturated heterocycles. The molecule has 2 aromatic heterocycles. The molecule has 0 aliphatic heterocycles. The third-order valence-electron chi connectivity index (χ3n) is 9.65. The van der Waals surface area contributed by atoms with E-state index in [1.165, 1.54) is 10.8 Å². The summed E-state index contributed by atoms with van der Waals surface area (Å²) in [7, 11) is 0. The lowest BCUT2D eigenvalue weighted by molar-refractivity contribution is 1.16. The number of hydrogen-bond acceptors (Lipinski definition) is 3. The minimum absolute atomic E-state index is 0.389. The number of rotatable bonds is 4. The van der Waals surface area contributed by atoms with Crippen molar-refractivity contribution in [2.75, 3.05) is 0 Å². The molecular formula is C45H25N5. The molecule has 0 atom stereocenters. The van der Waals surface area contributed by atoms with E-state index >= 15 is 0 Å². The molecule has 0 aliphatic carbocycles. The molecule has 9 aromatic rings. The minimum atomic E-state index is 0.389. The Morgan fingerprint density at radius 1 is 0.340 bits per heavy atom. The van der Waals surface area contributed by atoms with Gasteiger partial charge in [-0.3, -0.25) is 0 Å². The number of fused-ring (bicyclic) bond motifs is 6. The fourth-order valence-electron chi connectivity index (χ4n) is 7.51. The lowest BCUT2D eigenvalue weighted by Gasteiger charge is -2.19. The molecule has 0 spiro atoms. The van der Waals surface area contributed by atoms with Crippen LogP contribution in [0.15, 0.2) is 152 Å². The Kier molecular flexibility index (Phi) is 6.56. The second-order valence-electron chi connectivity index (χ2n) is 12.3. The van der Waals surface area contributed by atoms with Gasteiger partial charge >= 0.3 is 0 Å². The molecule has 9 rings (SSSR count). The monoisotopic (exact) mass is 635 g/mol. The highest BCUT2D eigenvalue weighted by Gasteiger charge is 2.22. The number of para-hydroxylation sites is 4. The van der Waals surface area contributed by atoms with Gasteiger partial charge in [-0.15, -0.1) is 0 Å². The molecule has 0 aliphatic rings. The maximum atomic E-state index is 10.5. The van der Waals surface area contributed by atoms with Crippen LogP contribution in [-0.4, -0.2) is 9.13 Å². The van der Waals surface area contributed by atoms with E-state index in [1.54, 1.807) is 12.1 Å². The summed E-state index contributed by atoms with van der Waals surface area (Å²) in [5.74, 6) is 0. The lowest BCUT2D eigenvalue weighted by atomic mass is 9.90. The van der Waals surface area contributed by atoms with E-state index in [0.29, 0.717) is 22.4 Å². The number of aromatic nitrogens is 2. The fraction of sp³-hybridized carbons (Fsp3) is 0. The summed E-state index contributed by atoms with van der Waals surface area (Å²) in [5.41, 5.74) is 10.7. The van der Waals surface area contributed by atoms with Crippen molar-refractivity contribution in [3.05, 3.63) is 168 Å². The van der Waals surface area contributed by atoms with Crippen molar-refractivity contribution in [2.24, 2.45) is 0 Å². The number of nitrogens with zero attached hydrogens (tertiary/aromatic N) is 5. The smallest absolute Gasteiger partial charge is 0.101 e. The molecule has 7 aromatic carbocycles. The minimum Gasteiger partial charge on any atom is -0.309 e. The normalized spacial score (nSPS) is 11.1. The first kappa shape index (κ1) is 28.8. The van der Waals surface area contributed by atoms with Gasteiger partial charge in [0.2, 0.25) is 0 Å². The lowest BCUT2D eigenvalue weighted by Crippen LogP contribution is -2.01. The fourth-order valence-corrected chi connectivity index (χ4v) is 7.51. The first-order valence-corrected chi connectivity index (χ1v) is 16.3. The highest BCUT2D eigenvalue weighted by Crippen LogP contribution is 2.42. The van der Waals surface area contributed by atoms with Gasteiger partial charge in [0, 0.05) is 32.7 Å². The SMILES string of the molecule is N#Cc1ccc2c(c1)c1ccccc1n2-c1cc(-c2ccccc2-c2ccccc2-n2c3ccccc3c3ccccc32)c(C#N)cc1C#N. The average Bonchev–Trinajstić information content (AvgIpc) is 3.70. The predicted octanol–water partition coefficient (Wildman–Crippen LogP) is 10.8. The molecule has 0 saturated carbocycles. The Bertz CT molecular complexity index is 2920. The molecule has 0 radical (unpaired) electrons. The Morgan fingerprint density at radius 2 is 0.820 bits per heavy atom. The van der Waals surface area contributed by atoms with Crippen LogP contribution in [0.3, 0.4) is 0 Å². The van der Waals surface area contributed by atoms with Crippen molar-refractivity contribution >= 4 is 43.6 Å². The number of benzene rings is 7. The Labute approximate surface area is 287 Å². The van der Waals surface area contributed by atoms with Gasteiger partial charge in [0.15, 0.2) is 0 Å². The summed E-state index contributed by atoms with van der Waals surface area (Å²) in [5, 5.41) is 34.9. The molecule has 2 heterocycles. The topological polar surface area (TPSA) is 81.2 Å². The molecule has 0 unspecified atom stereocenters. The van der Waals surface area contributed by atoms with Gasteiger partial charge in [-0.1, -0.05) is 97.1 Å². The van der Waals surface area contributed by atoms with Gasteiger partial charge in [0.1, 0.15) is 6.07 Å². The van der Waals surface area contributed by atoms with E-state index in [2.05, 4.69) is 106 Å². The summed E-state index contributed by atoms with van der Waals surface area (Å²) < 4.78 is 4.39. The van der Waals surface area contributed by atoms with Crippen LogP contribution in [0.5, 0.6) is 0 Å². The van der Waals surface area contributed by atoms with Crippen LogP contribution in [0.4, 0.5) is 0 Å². The average molecular weight is 636 g/mol. The Balaban J connectivity index is 1.33. The molecular weight excluding hydrogens is 611 g/mol. The summed E-state index contributed by atoms with van der Waals surface area (Å²) in [4.78, 5) is 0. The van der Waals surface area contributed by atoms with E-state index in [4.69, 9.17) is 0 Å². The molecule has 0 amide bonds. The third kappa shape index (κ3) is 4.24. The van der Waals surface area contributed by atoms with Gasteiger partial charge in [0.05, 0.1) is 62.3 Å². The van der Waals surface area contributed by atoms with Crippen molar-refractivity contribution < 1.29 is 0 Å². The Morgan fingerprint density at radius 3 is 1.42 bits per heavy atom. The standard InChI is InChI=1S/C45H25N5/c46-26-29-21-22-44-39(23-29)37-16-6-10-20-43(37)50(44)45-25-38(30(27-47)24-31(45)28-48)33-12-2-1-11-32(33)34-13-3-7-17-40(34)49-41-18-8-4-14-35(41)36-15-5-9-19-42(36)49/h1-25H. The van der Waals surface area contributed by atoms with Gasteiger partial charge in [-0.2, -0.15) is 15.8 Å².